The van der Waals surface area contributed by atoms with Crippen LogP contribution in [0.15, 0.2) is 18.2 Å². The van der Waals surface area contributed by atoms with Crippen molar-refractivity contribution in [3.63, 3.8) is 0 Å². The third-order valence-corrected chi connectivity index (χ3v) is 4.11. The van der Waals surface area contributed by atoms with Gasteiger partial charge in [-0.05, 0) is 31.9 Å². The second kappa shape index (κ2) is 6.64. The third kappa shape index (κ3) is 2.89. The van der Waals surface area contributed by atoms with Gasteiger partial charge >= 0.3 is 0 Å². The van der Waals surface area contributed by atoms with E-state index in [0.717, 1.165) is 12.8 Å². The summed E-state index contributed by atoms with van der Waals surface area (Å²) < 4.78 is 5.30. The smallest absolute Gasteiger partial charge is 0.259 e. The minimum absolute atomic E-state index is 0.00523. The summed E-state index contributed by atoms with van der Waals surface area (Å²) in [7, 11) is 1.57. The Morgan fingerprint density at radius 2 is 2.05 bits per heavy atom. The fourth-order valence-corrected chi connectivity index (χ4v) is 3.05. The van der Waals surface area contributed by atoms with Gasteiger partial charge in [0.1, 0.15) is 11.3 Å². The van der Waals surface area contributed by atoms with Crippen molar-refractivity contribution >= 4 is 11.6 Å². The Balaban J connectivity index is 2.28. The van der Waals surface area contributed by atoms with Crippen LogP contribution in [0.3, 0.4) is 0 Å². The van der Waals surface area contributed by atoms with E-state index in [-0.39, 0.29) is 5.91 Å². The molecule has 1 aromatic rings. The van der Waals surface area contributed by atoms with Gasteiger partial charge in [-0.25, -0.2) is 0 Å². The maximum atomic E-state index is 12.8. The van der Waals surface area contributed by atoms with E-state index in [1.165, 1.54) is 19.3 Å². The van der Waals surface area contributed by atoms with Crippen LogP contribution < -0.4 is 10.5 Å². The zero-order valence-electron chi connectivity index (χ0n) is 12.4. The average molecular weight is 276 g/mol. The zero-order valence-corrected chi connectivity index (χ0v) is 12.4. The molecule has 0 spiro atoms. The zero-order chi connectivity index (χ0) is 14.5. The Labute approximate surface area is 120 Å². The van der Waals surface area contributed by atoms with Gasteiger partial charge < -0.3 is 15.4 Å². The molecular weight excluding hydrogens is 252 g/mol. The number of amides is 1. The number of hydrogen-bond acceptors (Lipinski definition) is 3. The standard InChI is InChI=1S/C16H24N2O2/c1-3-18(12-8-5-4-6-9-12)16(19)15-13(17)10-7-11-14(15)20-2/h7,10-12H,3-6,8-9,17H2,1-2H3. The SMILES string of the molecule is CCN(C(=O)c1c(N)cccc1OC)C1CCCCC1. The number of hydrogen-bond donors (Lipinski definition) is 1. The van der Waals surface area contributed by atoms with E-state index in [9.17, 15) is 4.79 Å². The number of nitrogens with zero attached hydrogens (tertiary/aromatic N) is 1. The van der Waals surface area contributed by atoms with Crippen molar-refractivity contribution in [1.82, 2.24) is 4.90 Å². The van der Waals surface area contributed by atoms with Gasteiger partial charge in [-0.15, -0.1) is 0 Å². The van der Waals surface area contributed by atoms with Crippen LogP contribution in [0, 0.1) is 0 Å². The molecule has 0 radical (unpaired) electrons. The molecule has 2 rings (SSSR count). The van der Waals surface area contributed by atoms with Crippen LogP contribution in [-0.4, -0.2) is 30.5 Å². The summed E-state index contributed by atoms with van der Waals surface area (Å²) in [6, 6.07) is 5.69. The largest absolute Gasteiger partial charge is 0.496 e. The van der Waals surface area contributed by atoms with E-state index in [4.69, 9.17) is 10.5 Å². The number of benzene rings is 1. The molecule has 0 aromatic heterocycles. The molecule has 4 heteroatoms. The number of ether oxygens (including phenoxy) is 1. The fraction of sp³-hybridized carbons (Fsp3) is 0.562. The molecule has 0 atom stereocenters. The normalized spacial score (nSPS) is 15.9. The molecule has 0 bridgehead atoms. The lowest BCUT2D eigenvalue weighted by Crippen LogP contribution is -2.41. The molecular formula is C16H24N2O2. The maximum Gasteiger partial charge on any atom is 0.259 e. The monoisotopic (exact) mass is 276 g/mol. The molecule has 0 unspecified atom stereocenters. The summed E-state index contributed by atoms with van der Waals surface area (Å²) in [5.74, 6) is 0.554. The lowest BCUT2D eigenvalue weighted by atomic mass is 9.93. The molecule has 1 saturated carbocycles. The number of methoxy groups -OCH3 is 1. The summed E-state index contributed by atoms with van der Waals surface area (Å²) in [5, 5.41) is 0. The van der Waals surface area contributed by atoms with Crippen molar-refractivity contribution in [3.8, 4) is 5.75 Å². The van der Waals surface area contributed by atoms with Crippen LogP contribution >= 0.6 is 0 Å². The second-order valence-electron chi connectivity index (χ2n) is 5.31. The highest BCUT2D eigenvalue weighted by molar-refractivity contribution is 6.02. The highest BCUT2D eigenvalue weighted by atomic mass is 16.5. The van der Waals surface area contributed by atoms with Crippen molar-refractivity contribution in [2.45, 2.75) is 45.1 Å². The molecule has 20 heavy (non-hydrogen) atoms. The molecule has 0 saturated heterocycles. The van der Waals surface area contributed by atoms with Crippen molar-refractivity contribution in [2.75, 3.05) is 19.4 Å². The summed E-state index contributed by atoms with van der Waals surface area (Å²) in [6.45, 7) is 2.74. The van der Waals surface area contributed by atoms with Crippen LogP contribution in [0.1, 0.15) is 49.4 Å². The first kappa shape index (κ1) is 14.7. The predicted octanol–water partition coefficient (Wildman–Crippen LogP) is 3.07. The number of carbonyl (C=O) groups is 1. The molecule has 1 amide bonds. The molecule has 1 aliphatic carbocycles. The van der Waals surface area contributed by atoms with Crippen LogP contribution in [0.2, 0.25) is 0 Å². The maximum absolute atomic E-state index is 12.8. The summed E-state index contributed by atoms with van der Waals surface area (Å²) in [4.78, 5) is 14.8. The Morgan fingerprint density at radius 3 is 2.65 bits per heavy atom. The first-order valence-corrected chi connectivity index (χ1v) is 7.42. The topological polar surface area (TPSA) is 55.6 Å². The van der Waals surface area contributed by atoms with Crippen molar-refractivity contribution in [2.24, 2.45) is 0 Å². The lowest BCUT2D eigenvalue weighted by Gasteiger charge is -2.34. The molecule has 1 aliphatic rings. The van der Waals surface area contributed by atoms with Gasteiger partial charge in [0, 0.05) is 18.3 Å². The molecule has 1 fully saturated rings. The van der Waals surface area contributed by atoms with Gasteiger partial charge in [0.15, 0.2) is 0 Å². The van der Waals surface area contributed by atoms with E-state index in [1.54, 1.807) is 19.2 Å². The number of anilines is 1. The van der Waals surface area contributed by atoms with Gasteiger partial charge in [0.25, 0.3) is 5.91 Å². The van der Waals surface area contributed by atoms with E-state index in [1.807, 2.05) is 17.9 Å². The van der Waals surface area contributed by atoms with Crippen LogP contribution in [0.5, 0.6) is 5.75 Å². The second-order valence-corrected chi connectivity index (χ2v) is 5.31. The number of nitrogen functional groups attached to an aromatic ring is 1. The molecule has 0 heterocycles. The van der Waals surface area contributed by atoms with Crippen molar-refractivity contribution in [1.29, 1.82) is 0 Å². The van der Waals surface area contributed by atoms with Crippen molar-refractivity contribution in [3.05, 3.63) is 23.8 Å². The van der Waals surface area contributed by atoms with Crippen LogP contribution in [0.4, 0.5) is 5.69 Å². The molecule has 4 nitrogen and oxygen atoms in total. The summed E-state index contributed by atoms with van der Waals surface area (Å²) in [5.41, 5.74) is 6.98. The Kier molecular flexibility index (Phi) is 4.88. The van der Waals surface area contributed by atoms with Gasteiger partial charge in [-0.1, -0.05) is 25.3 Å². The first-order valence-electron chi connectivity index (χ1n) is 7.42. The van der Waals surface area contributed by atoms with Crippen molar-refractivity contribution < 1.29 is 9.53 Å². The van der Waals surface area contributed by atoms with Gasteiger partial charge in [-0.3, -0.25) is 4.79 Å². The number of carbonyl (C=O) groups excluding carboxylic acids is 1. The molecule has 0 aliphatic heterocycles. The van der Waals surface area contributed by atoms with E-state index < -0.39 is 0 Å². The highest BCUT2D eigenvalue weighted by Crippen LogP contribution is 2.29. The van der Waals surface area contributed by atoms with E-state index in [2.05, 4.69) is 0 Å². The Morgan fingerprint density at radius 1 is 1.35 bits per heavy atom. The third-order valence-electron chi connectivity index (χ3n) is 4.11. The fourth-order valence-electron chi connectivity index (χ4n) is 3.05. The molecule has 2 N–H and O–H groups in total. The summed E-state index contributed by atoms with van der Waals surface area (Å²) >= 11 is 0. The first-order chi connectivity index (χ1) is 9.69. The minimum atomic E-state index is -0.00523. The highest BCUT2D eigenvalue weighted by Gasteiger charge is 2.28. The summed E-state index contributed by atoms with van der Waals surface area (Å²) in [6.07, 6.45) is 5.87. The number of rotatable bonds is 4. The predicted molar refractivity (Wildman–Crippen MR) is 81.0 cm³/mol. The quantitative estimate of drug-likeness (QED) is 0.860. The van der Waals surface area contributed by atoms with Crippen LogP contribution in [0.25, 0.3) is 0 Å². The Bertz CT molecular complexity index is 468. The van der Waals surface area contributed by atoms with Gasteiger partial charge in [-0.2, -0.15) is 0 Å². The van der Waals surface area contributed by atoms with Gasteiger partial charge in [0.2, 0.25) is 0 Å². The Hall–Kier alpha value is -1.71. The molecule has 1 aromatic carbocycles. The molecule has 110 valence electrons. The van der Waals surface area contributed by atoms with E-state index in [0.29, 0.717) is 29.6 Å². The number of nitrogens with two attached hydrogens (primary N) is 1. The van der Waals surface area contributed by atoms with Gasteiger partial charge in [0.05, 0.1) is 7.11 Å². The van der Waals surface area contributed by atoms with Crippen LogP contribution in [-0.2, 0) is 0 Å². The lowest BCUT2D eigenvalue weighted by molar-refractivity contribution is 0.0646. The minimum Gasteiger partial charge on any atom is -0.496 e. The average Bonchev–Trinajstić information content (AvgIpc) is 2.48. The van der Waals surface area contributed by atoms with E-state index >= 15 is 0 Å².